The Morgan fingerprint density at radius 3 is 2.68 bits per heavy atom. The molecule has 0 aliphatic carbocycles. The molecule has 19 heavy (non-hydrogen) atoms. The summed E-state index contributed by atoms with van der Waals surface area (Å²) in [6, 6.07) is -0.0974. The molecule has 5 nitrogen and oxygen atoms in total. The van der Waals surface area contributed by atoms with Crippen LogP contribution in [0, 0.1) is 5.92 Å². The molecule has 0 bridgehead atoms. The van der Waals surface area contributed by atoms with Gasteiger partial charge in [-0.3, -0.25) is 4.79 Å². The fraction of sp³-hybridized carbons (Fsp3) is 0.917. The zero-order valence-corrected chi connectivity index (χ0v) is 12.9. The molecule has 0 radical (unpaired) electrons. The second kappa shape index (κ2) is 6.45. The molecule has 0 aromatic rings. The zero-order chi connectivity index (χ0) is 13.9. The van der Waals surface area contributed by atoms with Gasteiger partial charge in [-0.15, -0.1) is 0 Å². The van der Waals surface area contributed by atoms with E-state index in [9.17, 15) is 13.2 Å². The second-order valence-corrected chi connectivity index (χ2v) is 8.75. The van der Waals surface area contributed by atoms with Gasteiger partial charge in [0, 0.05) is 24.6 Å². The lowest BCUT2D eigenvalue weighted by molar-refractivity contribution is -0.133. The Morgan fingerprint density at radius 1 is 1.37 bits per heavy atom. The topological polar surface area (TPSA) is 66.5 Å². The van der Waals surface area contributed by atoms with Crippen LogP contribution in [0.15, 0.2) is 0 Å². The van der Waals surface area contributed by atoms with E-state index in [4.69, 9.17) is 0 Å². The Bertz CT molecular complexity index is 411. The van der Waals surface area contributed by atoms with E-state index in [-0.39, 0.29) is 23.5 Å². The van der Waals surface area contributed by atoms with E-state index in [1.807, 2.05) is 11.9 Å². The predicted octanol–water partition coefficient (Wildman–Crippen LogP) is -0.0254. The molecular formula is C12H22N2O3S2. The second-order valence-electron chi connectivity index (χ2n) is 5.30. The monoisotopic (exact) mass is 306 g/mol. The fourth-order valence-corrected chi connectivity index (χ4v) is 5.25. The summed E-state index contributed by atoms with van der Waals surface area (Å²) in [6.45, 7) is 1.50. The summed E-state index contributed by atoms with van der Waals surface area (Å²) in [5.74, 6) is 2.86. The Hall–Kier alpha value is -0.270. The van der Waals surface area contributed by atoms with Crippen LogP contribution in [-0.2, 0) is 14.6 Å². The van der Waals surface area contributed by atoms with Crippen molar-refractivity contribution in [2.24, 2.45) is 5.92 Å². The summed E-state index contributed by atoms with van der Waals surface area (Å²) < 4.78 is 22.8. The number of hydrogen-bond acceptors (Lipinski definition) is 5. The first kappa shape index (κ1) is 15.1. The summed E-state index contributed by atoms with van der Waals surface area (Å²) in [4.78, 5) is 14.2. The SMILES string of the molecule is CNC1CSCCN(CC2CCS(=O)(=O)CC2)C1=O. The highest BCUT2D eigenvalue weighted by Crippen LogP contribution is 2.21. The molecule has 0 spiro atoms. The van der Waals surface area contributed by atoms with Gasteiger partial charge in [-0.2, -0.15) is 11.8 Å². The van der Waals surface area contributed by atoms with Crippen LogP contribution in [0.25, 0.3) is 0 Å². The van der Waals surface area contributed by atoms with Gasteiger partial charge >= 0.3 is 0 Å². The van der Waals surface area contributed by atoms with Gasteiger partial charge < -0.3 is 10.2 Å². The number of likely N-dealkylation sites (N-methyl/N-ethyl adjacent to an activating group) is 1. The van der Waals surface area contributed by atoms with Crippen molar-refractivity contribution in [2.45, 2.75) is 18.9 Å². The minimum atomic E-state index is -2.81. The van der Waals surface area contributed by atoms with Gasteiger partial charge in [0.1, 0.15) is 9.84 Å². The summed E-state index contributed by atoms with van der Waals surface area (Å²) in [5, 5.41) is 3.07. The lowest BCUT2D eigenvalue weighted by Gasteiger charge is -2.30. The number of hydrogen-bond donors (Lipinski definition) is 1. The van der Waals surface area contributed by atoms with Crippen molar-refractivity contribution in [3.05, 3.63) is 0 Å². The summed E-state index contributed by atoms with van der Waals surface area (Å²) in [7, 11) is -0.993. The number of amides is 1. The van der Waals surface area contributed by atoms with Gasteiger partial charge in [-0.25, -0.2) is 8.42 Å². The van der Waals surface area contributed by atoms with E-state index < -0.39 is 9.84 Å². The van der Waals surface area contributed by atoms with E-state index in [0.29, 0.717) is 25.3 Å². The van der Waals surface area contributed by atoms with Crippen LogP contribution < -0.4 is 5.32 Å². The van der Waals surface area contributed by atoms with Crippen LogP contribution in [0.4, 0.5) is 0 Å². The zero-order valence-electron chi connectivity index (χ0n) is 11.3. The standard InChI is InChI=1S/C12H22N2O3S2/c1-13-11-9-18-5-4-14(12(11)15)8-10-2-6-19(16,17)7-3-10/h10-11,13H,2-9H2,1H3. The van der Waals surface area contributed by atoms with Crippen molar-refractivity contribution in [3.63, 3.8) is 0 Å². The number of carbonyl (C=O) groups is 1. The Kier molecular flexibility index (Phi) is 5.14. The smallest absolute Gasteiger partial charge is 0.240 e. The van der Waals surface area contributed by atoms with Crippen LogP contribution in [-0.4, -0.2) is 68.4 Å². The molecule has 0 aromatic carbocycles. The molecule has 2 heterocycles. The van der Waals surface area contributed by atoms with Crippen LogP contribution in [0.3, 0.4) is 0 Å². The van der Waals surface area contributed by atoms with Crippen molar-refractivity contribution >= 4 is 27.5 Å². The number of sulfone groups is 1. The Balaban J connectivity index is 1.92. The first-order chi connectivity index (χ1) is 9.02. The maximum atomic E-state index is 12.3. The van der Waals surface area contributed by atoms with E-state index in [0.717, 1.165) is 18.1 Å². The van der Waals surface area contributed by atoms with Crippen LogP contribution >= 0.6 is 11.8 Å². The van der Waals surface area contributed by atoms with Crippen molar-refractivity contribution in [3.8, 4) is 0 Å². The molecule has 2 aliphatic rings. The molecule has 2 rings (SSSR count). The third-order valence-corrected chi connectivity index (χ3v) is 6.66. The maximum Gasteiger partial charge on any atom is 0.240 e. The van der Waals surface area contributed by atoms with E-state index in [2.05, 4.69) is 5.32 Å². The molecule has 1 unspecified atom stereocenters. The maximum absolute atomic E-state index is 12.3. The van der Waals surface area contributed by atoms with Crippen LogP contribution in [0.2, 0.25) is 0 Å². The quantitative estimate of drug-likeness (QED) is 0.793. The Labute approximate surface area is 119 Å². The molecule has 1 N–H and O–H groups in total. The van der Waals surface area contributed by atoms with E-state index in [1.165, 1.54) is 0 Å². The van der Waals surface area contributed by atoms with Crippen molar-refractivity contribution in [2.75, 3.05) is 43.1 Å². The highest BCUT2D eigenvalue weighted by molar-refractivity contribution is 7.99. The van der Waals surface area contributed by atoms with Crippen molar-refractivity contribution in [1.29, 1.82) is 0 Å². The first-order valence-electron chi connectivity index (χ1n) is 6.76. The van der Waals surface area contributed by atoms with Crippen LogP contribution in [0.5, 0.6) is 0 Å². The summed E-state index contributed by atoms with van der Waals surface area (Å²) in [6.07, 6.45) is 1.40. The molecule has 7 heteroatoms. The molecule has 110 valence electrons. The number of carbonyl (C=O) groups excluding carboxylic acids is 1. The third kappa shape index (κ3) is 4.10. The first-order valence-corrected chi connectivity index (χ1v) is 9.73. The molecular weight excluding hydrogens is 284 g/mol. The average Bonchev–Trinajstić information content (AvgIpc) is 2.55. The Morgan fingerprint density at radius 2 is 2.05 bits per heavy atom. The predicted molar refractivity (Wildman–Crippen MR) is 78.1 cm³/mol. The molecule has 0 aromatic heterocycles. The minimum Gasteiger partial charge on any atom is -0.340 e. The van der Waals surface area contributed by atoms with E-state index in [1.54, 1.807) is 11.8 Å². The number of thioether (sulfide) groups is 1. The van der Waals surface area contributed by atoms with Crippen molar-refractivity contribution in [1.82, 2.24) is 10.2 Å². The number of rotatable bonds is 3. The van der Waals surface area contributed by atoms with Gasteiger partial charge in [-0.1, -0.05) is 0 Å². The lowest BCUT2D eigenvalue weighted by atomic mass is 10.0. The van der Waals surface area contributed by atoms with Gasteiger partial charge in [-0.05, 0) is 25.8 Å². The molecule has 2 fully saturated rings. The molecule has 1 atom stereocenters. The lowest BCUT2D eigenvalue weighted by Crippen LogP contribution is -2.47. The highest BCUT2D eigenvalue weighted by atomic mass is 32.2. The highest BCUT2D eigenvalue weighted by Gasteiger charge is 2.30. The molecule has 2 aliphatic heterocycles. The van der Waals surface area contributed by atoms with E-state index >= 15 is 0 Å². The average molecular weight is 306 g/mol. The summed E-state index contributed by atoms with van der Waals surface area (Å²) in [5.41, 5.74) is 0. The fourth-order valence-electron chi connectivity index (χ4n) is 2.60. The normalized spacial score (nSPS) is 29.2. The molecule has 1 amide bonds. The third-order valence-electron chi connectivity index (χ3n) is 3.90. The van der Waals surface area contributed by atoms with Crippen molar-refractivity contribution < 1.29 is 13.2 Å². The molecule has 0 saturated carbocycles. The van der Waals surface area contributed by atoms with Gasteiger partial charge in [0.2, 0.25) is 5.91 Å². The number of nitrogens with one attached hydrogen (secondary N) is 1. The van der Waals surface area contributed by atoms with Gasteiger partial charge in [0.05, 0.1) is 17.5 Å². The van der Waals surface area contributed by atoms with Gasteiger partial charge in [0.15, 0.2) is 0 Å². The van der Waals surface area contributed by atoms with Gasteiger partial charge in [0.25, 0.3) is 0 Å². The van der Waals surface area contributed by atoms with Crippen LogP contribution in [0.1, 0.15) is 12.8 Å². The minimum absolute atomic E-state index is 0.0974. The summed E-state index contributed by atoms with van der Waals surface area (Å²) >= 11 is 1.80. The largest absolute Gasteiger partial charge is 0.340 e. The molecule has 2 saturated heterocycles. The number of nitrogens with zero attached hydrogens (tertiary/aromatic N) is 1.